The lowest BCUT2D eigenvalue weighted by Crippen LogP contribution is -2.08. The van der Waals surface area contributed by atoms with Gasteiger partial charge in [0.2, 0.25) is 0 Å². The van der Waals surface area contributed by atoms with Crippen LogP contribution in [0.3, 0.4) is 0 Å². The molecule has 4 heteroatoms. The topological polar surface area (TPSA) is 44.1 Å². The Morgan fingerprint density at radius 3 is 2.75 bits per heavy atom. The number of hydrogen-bond donors (Lipinski definition) is 0. The van der Waals surface area contributed by atoms with E-state index < -0.39 is 0 Å². The molecule has 1 heterocycles. The van der Waals surface area contributed by atoms with Crippen molar-refractivity contribution in [3.63, 3.8) is 0 Å². The van der Waals surface area contributed by atoms with Crippen LogP contribution >= 0.6 is 0 Å². The highest BCUT2D eigenvalue weighted by Crippen LogP contribution is 2.14. The van der Waals surface area contributed by atoms with Crippen LogP contribution < -0.4 is 4.74 Å². The third-order valence-corrected chi connectivity index (χ3v) is 3.07. The monoisotopic (exact) mass is 272 g/mol. The second-order valence-electron chi connectivity index (χ2n) is 4.70. The molecule has 2 rings (SSSR count). The number of carbonyl (C=O) groups is 1. The van der Waals surface area contributed by atoms with E-state index in [0.717, 1.165) is 18.6 Å². The van der Waals surface area contributed by atoms with Gasteiger partial charge in [0.1, 0.15) is 5.75 Å². The molecule has 20 heavy (non-hydrogen) atoms. The standard InChI is InChI=1S/C16H20N2O2/c1-2-20-16-8-6-14(7-9-16)4-3-5-15(19)12-18-11-10-17-13-18/h6-11,13H,2-5,12H2,1H3. The summed E-state index contributed by atoms with van der Waals surface area (Å²) in [6.45, 7) is 3.07. The quantitative estimate of drug-likeness (QED) is 0.742. The molecular weight excluding hydrogens is 252 g/mol. The molecule has 106 valence electrons. The minimum absolute atomic E-state index is 0.244. The van der Waals surface area contributed by atoms with E-state index in [1.165, 1.54) is 5.56 Å². The molecular formula is C16H20N2O2. The number of ether oxygens (including phenoxy) is 1. The van der Waals surface area contributed by atoms with Crippen molar-refractivity contribution in [2.45, 2.75) is 32.7 Å². The van der Waals surface area contributed by atoms with Gasteiger partial charge in [0.25, 0.3) is 0 Å². The molecule has 0 N–H and O–H groups in total. The summed E-state index contributed by atoms with van der Waals surface area (Å²) in [6, 6.07) is 8.08. The Hall–Kier alpha value is -2.10. The van der Waals surface area contributed by atoms with Crippen LogP contribution in [0.15, 0.2) is 43.0 Å². The molecule has 0 radical (unpaired) electrons. The number of ketones is 1. The van der Waals surface area contributed by atoms with Crippen LogP contribution in [0.4, 0.5) is 0 Å². The highest BCUT2D eigenvalue weighted by Gasteiger charge is 2.03. The van der Waals surface area contributed by atoms with Gasteiger partial charge in [-0.1, -0.05) is 12.1 Å². The van der Waals surface area contributed by atoms with Crippen LogP contribution in [0, 0.1) is 0 Å². The van der Waals surface area contributed by atoms with Crippen LogP contribution in [0.25, 0.3) is 0 Å². The molecule has 1 aromatic heterocycles. The number of aromatic nitrogens is 2. The summed E-state index contributed by atoms with van der Waals surface area (Å²) in [5.74, 6) is 1.14. The van der Waals surface area contributed by atoms with Gasteiger partial charge < -0.3 is 9.30 Å². The average Bonchev–Trinajstić information content (AvgIpc) is 2.94. The van der Waals surface area contributed by atoms with E-state index in [9.17, 15) is 4.79 Å². The number of imidazole rings is 1. The van der Waals surface area contributed by atoms with Crippen molar-refractivity contribution in [3.05, 3.63) is 48.5 Å². The number of Topliss-reactive ketones (excluding diaryl/α,β-unsaturated/α-hetero) is 1. The van der Waals surface area contributed by atoms with E-state index in [2.05, 4.69) is 17.1 Å². The Bertz CT molecular complexity index is 518. The molecule has 0 aliphatic heterocycles. The normalized spacial score (nSPS) is 10.4. The van der Waals surface area contributed by atoms with Gasteiger partial charge in [0, 0.05) is 18.8 Å². The zero-order valence-electron chi connectivity index (χ0n) is 11.8. The maximum absolute atomic E-state index is 11.8. The van der Waals surface area contributed by atoms with Crippen molar-refractivity contribution in [3.8, 4) is 5.75 Å². The predicted molar refractivity (Wildman–Crippen MR) is 77.8 cm³/mol. The fraction of sp³-hybridized carbons (Fsp3) is 0.375. The first-order chi connectivity index (χ1) is 9.78. The number of benzene rings is 1. The summed E-state index contributed by atoms with van der Waals surface area (Å²) in [5, 5.41) is 0. The highest BCUT2D eigenvalue weighted by atomic mass is 16.5. The molecule has 4 nitrogen and oxygen atoms in total. The average molecular weight is 272 g/mol. The largest absolute Gasteiger partial charge is 0.494 e. The Labute approximate surface area is 119 Å². The molecule has 0 spiro atoms. The maximum atomic E-state index is 11.8. The van der Waals surface area contributed by atoms with E-state index in [-0.39, 0.29) is 5.78 Å². The molecule has 0 aliphatic rings. The second-order valence-corrected chi connectivity index (χ2v) is 4.70. The summed E-state index contributed by atoms with van der Waals surface area (Å²) in [6.07, 6.45) is 7.57. The Morgan fingerprint density at radius 1 is 1.30 bits per heavy atom. The molecule has 0 unspecified atom stereocenters. The first kappa shape index (κ1) is 14.3. The first-order valence-corrected chi connectivity index (χ1v) is 6.97. The van der Waals surface area contributed by atoms with E-state index in [1.54, 1.807) is 17.1 Å². The summed E-state index contributed by atoms with van der Waals surface area (Å²) < 4.78 is 7.20. The SMILES string of the molecule is CCOc1ccc(CCCC(=O)Cn2ccnc2)cc1. The fourth-order valence-electron chi connectivity index (χ4n) is 2.07. The molecule has 0 saturated heterocycles. The summed E-state index contributed by atoms with van der Waals surface area (Å²) >= 11 is 0. The zero-order chi connectivity index (χ0) is 14.2. The molecule has 0 aliphatic carbocycles. The van der Waals surface area contributed by atoms with Crippen molar-refractivity contribution in [1.29, 1.82) is 0 Å². The van der Waals surface area contributed by atoms with Crippen molar-refractivity contribution in [2.75, 3.05) is 6.61 Å². The Kier molecular flexibility index (Phi) is 5.35. The van der Waals surface area contributed by atoms with Crippen molar-refractivity contribution < 1.29 is 9.53 Å². The lowest BCUT2D eigenvalue weighted by molar-refractivity contribution is -0.119. The molecule has 0 atom stereocenters. The number of hydrogen-bond acceptors (Lipinski definition) is 3. The van der Waals surface area contributed by atoms with Gasteiger partial charge in [0.05, 0.1) is 19.5 Å². The lowest BCUT2D eigenvalue weighted by Gasteiger charge is -2.05. The van der Waals surface area contributed by atoms with E-state index >= 15 is 0 Å². The van der Waals surface area contributed by atoms with Gasteiger partial charge in [0.15, 0.2) is 5.78 Å². The minimum atomic E-state index is 0.244. The van der Waals surface area contributed by atoms with Crippen LogP contribution in [0.2, 0.25) is 0 Å². The molecule has 0 amide bonds. The Balaban J connectivity index is 1.71. The molecule has 1 aromatic carbocycles. The predicted octanol–water partition coefficient (Wildman–Crippen LogP) is 2.87. The van der Waals surface area contributed by atoms with Crippen LogP contribution in [0.5, 0.6) is 5.75 Å². The third kappa shape index (κ3) is 4.53. The summed E-state index contributed by atoms with van der Waals surface area (Å²) in [5.41, 5.74) is 1.24. The van der Waals surface area contributed by atoms with Gasteiger partial charge >= 0.3 is 0 Å². The van der Waals surface area contributed by atoms with E-state index in [1.807, 2.05) is 25.3 Å². The minimum Gasteiger partial charge on any atom is -0.494 e. The first-order valence-electron chi connectivity index (χ1n) is 6.97. The van der Waals surface area contributed by atoms with Crippen LogP contribution in [0.1, 0.15) is 25.3 Å². The smallest absolute Gasteiger partial charge is 0.152 e. The maximum Gasteiger partial charge on any atom is 0.152 e. The van der Waals surface area contributed by atoms with Crippen molar-refractivity contribution in [2.24, 2.45) is 0 Å². The van der Waals surface area contributed by atoms with Gasteiger partial charge in [-0.3, -0.25) is 4.79 Å². The third-order valence-electron chi connectivity index (χ3n) is 3.07. The van der Waals surface area contributed by atoms with E-state index in [4.69, 9.17) is 4.74 Å². The van der Waals surface area contributed by atoms with Gasteiger partial charge in [-0.25, -0.2) is 4.98 Å². The molecule has 0 saturated carbocycles. The van der Waals surface area contributed by atoms with E-state index in [0.29, 0.717) is 19.6 Å². The summed E-state index contributed by atoms with van der Waals surface area (Å²) in [4.78, 5) is 15.7. The van der Waals surface area contributed by atoms with Crippen LogP contribution in [-0.4, -0.2) is 21.9 Å². The zero-order valence-corrected chi connectivity index (χ0v) is 11.8. The number of nitrogens with zero attached hydrogens (tertiary/aromatic N) is 2. The van der Waals surface area contributed by atoms with Crippen molar-refractivity contribution >= 4 is 5.78 Å². The second kappa shape index (κ2) is 7.48. The van der Waals surface area contributed by atoms with Crippen molar-refractivity contribution in [1.82, 2.24) is 9.55 Å². The lowest BCUT2D eigenvalue weighted by atomic mass is 10.1. The molecule has 0 bridgehead atoms. The molecule has 2 aromatic rings. The number of aryl methyl sites for hydroxylation is 1. The summed E-state index contributed by atoms with van der Waals surface area (Å²) in [7, 11) is 0. The van der Waals surface area contributed by atoms with Gasteiger partial charge in [-0.2, -0.15) is 0 Å². The Morgan fingerprint density at radius 2 is 2.10 bits per heavy atom. The fourth-order valence-corrected chi connectivity index (χ4v) is 2.07. The highest BCUT2D eigenvalue weighted by molar-refractivity contribution is 5.78. The number of carbonyl (C=O) groups excluding carboxylic acids is 1. The van der Waals surface area contributed by atoms with Crippen LogP contribution in [-0.2, 0) is 17.8 Å². The van der Waals surface area contributed by atoms with Gasteiger partial charge in [-0.05, 0) is 37.5 Å². The van der Waals surface area contributed by atoms with Gasteiger partial charge in [-0.15, -0.1) is 0 Å². The molecule has 0 fully saturated rings. The number of rotatable bonds is 8.